The molecular weight excluding hydrogens is 412 g/mol. The Morgan fingerprint density at radius 2 is 1.42 bits per heavy atom. The molecule has 0 radical (unpaired) electrons. The molecule has 0 aliphatic carbocycles. The number of carbonyl (C=O) groups is 6. The normalized spacial score (nSPS) is 13.4. The van der Waals surface area contributed by atoms with Crippen molar-refractivity contribution in [2.24, 2.45) is 5.73 Å². The van der Waals surface area contributed by atoms with E-state index >= 15 is 0 Å². The van der Waals surface area contributed by atoms with E-state index < -0.39 is 66.5 Å². The van der Waals surface area contributed by atoms with Gasteiger partial charge in [-0.1, -0.05) is 26.2 Å². The van der Waals surface area contributed by atoms with Gasteiger partial charge in [-0.15, -0.1) is 0 Å². The third-order valence-corrected chi connectivity index (χ3v) is 4.35. The summed E-state index contributed by atoms with van der Waals surface area (Å²) in [6, 6.07) is -3.93. The summed E-state index contributed by atoms with van der Waals surface area (Å²) >= 11 is 0. The lowest BCUT2D eigenvalue weighted by atomic mass is 10.1. The standard InChI is InChI=1S/C19H32N4O8/c1-3-4-5-6-7-14(24)22-12(8-9-15(25)26)18(30)23-13(10-16(27)28)19(31)21-11(2)17(20)29/h11-13H,3-10H2,1-2H3,(H2,20,29)(H,21,31)(H,22,24)(H,23,30)(H,25,26)(H,27,28)/t11-,12-,13-/m0/s1. The smallest absolute Gasteiger partial charge is 0.305 e. The summed E-state index contributed by atoms with van der Waals surface area (Å²) < 4.78 is 0. The SMILES string of the molecule is CCCCCCC(=O)N[C@@H](CCC(=O)O)C(=O)N[C@@H](CC(=O)O)C(=O)N[C@@H](C)C(N)=O. The van der Waals surface area contributed by atoms with Crippen molar-refractivity contribution in [3.63, 3.8) is 0 Å². The molecule has 0 saturated carbocycles. The number of nitrogens with one attached hydrogen (secondary N) is 3. The van der Waals surface area contributed by atoms with E-state index in [2.05, 4.69) is 16.0 Å². The molecule has 31 heavy (non-hydrogen) atoms. The first-order chi connectivity index (χ1) is 14.5. The van der Waals surface area contributed by atoms with Gasteiger partial charge in [0.25, 0.3) is 0 Å². The topological polar surface area (TPSA) is 205 Å². The average Bonchev–Trinajstić information content (AvgIpc) is 2.67. The van der Waals surface area contributed by atoms with Crippen LogP contribution in [-0.4, -0.2) is 63.9 Å². The second-order valence-electron chi connectivity index (χ2n) is 7.15. The van der Waals surface area contributed by atoms with Crippen LogP contribution < -0.4 is 21.7 Å². The van der Waals surface area contributed by atoms with Crippen molar-refractivity contribution in [3.8, 4) is 0 Å². The monoisotopic (exact) mass is 444 g/mol. The molecule has 7 N–H and O–H groups in total. The number of aliphatic carboxylic acids is 2. The molecule has 0 rings (SSSR count). The van der Waals surface area contributed by atoms with Crippen molar-refractivity contribution in [3.05, 3.63) is 0 Å². The van der Waals surface area contributed by atoms with Gasteiger partial charge in [0.15, 0.2) is 0 Å². The molecule has 0 aromatic rings. The maximum absolute atomic E-state index is 12.6. The molecule has 12 nitrogen and oxygen atoms in total. The molecule has 12 heteroatoms. The Hall–Kier alpha value is -3.18. The van der Waals surface area contributed by atoms with E-state index in [9.17, 15) is 28.8 Å². The summed E-state index contributed by atoms with van der Waals surface area (Å²) in [6.45, 7) is 3.30. The summed E-state index contributed by atoms with van der Waals surface area (Å²) in [5.74, 6) is -5.76. The first-order valence-corrected chi connectivity index (χ1v) is 10.1. The van der Waals surface area contributed by atoms with E-state index in [4.69, 9.17) is 15.9 Å². The number of primary amides is 1. The van der Waals surface area contributed by atoms with Crippen LogP contribution in [0.2, 0.25) is 0 Å². The lowest BCUT2D eigenvalue weighted by Gasteiger charge is -2.23. The minimum atomic E-state index is -1.56. The quantitative estimate of drug-likeness (QED) is 0.167. The number of amides is 4. The van der Waals surface area contributed by atoms with Gasteiger partial charge in [-0.05, 0) is 19.8 Å². The minimum Gasteiger partial charge on any atom is -0.481 e. The van der Waals surface area contributed by atoms with E-state index in [1.165, 1.54) is 6.92 Å². The predicted octanol–water partition coefficient (Wildman–Crippen LogP) is -0.744. The zero-order chi connectivity index (χ0) is 24.0. The summed E-state index contributed by atoms with van der Waals surface area (Å²) in [7, 11) is 0. The molecule has 176 valence electrons. The Morgan fingerprint density at radius 3 is 1.94 bits per heavy atom. The highest BCUT2D eigenvalue weighted by atomic mass is 16.4. The third-order valence-electron chi connectivity index (χ3n) is 4.35. The van der Waals surface area contributed by atoms with Gasteiger partial charge < -0.3 is 31.9 Å². The van der Waals surface area contributed by atoms with Crippen LogP contribution in [0.25, 0.3) is 0 Å². The number of hydrogen-bond acceptors (Lipinski definition) is 6. The molecule has 3 atom stereocenters. The second kappa shape index (κ2) is 14.7. The highest BCUT2D eigenvalue weighted by molar-refractivity contribution is 5.95. The molecule has 0 aliphatic heterocycles. The van der Waals surface area contributed by atoms with E-state index in [1.807, 2.05) is 6.92 Å². The van der Waals surface area contributed by atoms with Gasteiger partial charge in [-0.25, -0.2) is 0 Å². The average molecular weight is 444 g/mol. The van der Waals surface area contributed by atoms with Gasteiger partial charge in [-0.3, -0.25) is 28.8 Å². The van der Waals surface area contributed by atoms with Crippen LogP contribution in [0.3, 0.4) is 0 Å². The van der Waals surface area contributed by atoms with E-state index in [-0.39, 0.29) is 12.8 Å². The Bertz CT molecular complexity index is 667. The van der Waals surface area contributed by atoms with Gasteiger partial charge in [0, 0.05) is 12.8 Å². The number of carboxylic acid groups (broad SMARTS) is 2. The Labute approximate surface area is 180 Å². The first kappa shape index (κ1) is 27.8. The molecule has 0 aliphatic rings. The van der Waals surface area contributed by atoms with E-state index in [1.54, 1.807) is 0 Å². The molecule has 0 saturated heterocycles. The molecule has 0 aromatic carbocycles. The van der Waals surface area contributed by atoms with Gasteiger partial charge >= 0.3 is 11.9 Å². The van der Waals surface area contributed by atoms with Crippen LogP contribution in [0.4, 0.5) is 0 Å². The van der Waals surface area contributed by atoms with Gasteiger partial charge in [0.1, 0.15) is 18.1 Å². The number of carboxylic acids is 2. The zero-order valence-electron chi connectivity index (χ0n) is 17.8. The van der Waals surface area contributed by atoms with Crippen LogP contribution in [0.15, 0.2) is 0 Å². The second-order valence-corrected chi connectivity index (χ2v) is 7.15. The number of unbranched alkanes of at least 4 members (excludes halogenated alkanes) is 3. The van der Waals surface area contributed by atoms with Crippen molar-refractivity contribution in [2.75, 3.05) is 0 Å². The lowest BCUT2D eigenvalue weighted by molar-refractivity contribution is -0.141. The summed E-state index contributed by atoms with van der Waals surface area (Å²) in [5, 5.41) is 24.7. The summed E-state index contributed by atoms with van der Waals surface area (Å²) in [6.07, 6.45) is 2.03. The predicted molar refractivity (Wildman–Crippen MR) is 109 cm³/mol. The van der Waals surface area contributed by atoms with Crippen LogP contribution >= 0.6 is 0 Å². The molecule has 0 heterocycles. The van der Waals surface area contributed by atoms with E-state index in [0.717, 1.165) is 19.3 Å². The maximum Gasteiger partial charge on any atom is 0.305 e. The molecule has 0 bridgehead atoms. The van der Waals surface area contributed by atoms with Crippen LogP contribution in [0.5, 0.6) is 0 Å². The highest BCUT2D eigenvalue weighted by Gasteiger charge is 2.29. The van der Waals surface area contributed by atoms with Gasteiger partial charge in [0.2, 0.25) is 23.6 Å². The van der Waals surface area contributed by atoms with Crippen molar-refractivity contribution in [1.82, 2.24) is 16.0 Å². The number of hydrogen-bond donors (Lipinski definition) is 6. The van der Waals surface area contributed by atoms with Gasteiger partial charge in [0.05, 0.1) is 6.42 Å². The van der Waals surface area contributed by atoms with Crippen molar-refractivity contribution in [1.29, 1.82) is 0 Å². The van der Waals surface area contributed by atoms with Gasteiger partial charge in [-0.2, -0.15) is 0 Å². The summed E-state index contributed by atoms with van der Waals surface area (Å²) in [5.41, 5.74) is 5.06. The largest absolute Gasteiger partial charge is 0.481 e. The highest BCUT2D eigenvalue weighted by Crippen LogP contribution is 2.05. The molecule has 0 fully saturated rings. The molecular formula is C19H32N4O8. The Morgan fingerprint density at radius 1 is 0.806 bits per heavy atom. The van der Waals surface area contributed by atoms with Crippen molar-refractivity contribution >= 4 is 35.6 Å². The molecule has 0 spiro atoms. The summed E-state index contributed by atoms with van der Waals surface area (Å²) in [4.78, 5) is 70.1. The number of carbonyl (C=O) groups excluding carboxylic acids is 4. The Balaban J connectivity index is 5.20. The third kappa shape index (κ3) is 12.9. The van der Waals surface area contributed by atoms with E-state index in [0.29, 0.717) is 6.42 Å². The van der Waals surface area contributed by atoms with Crippen LogP contribution in [0.1, 0.15) is 65.2 Å². The number of nitrogens with two attached hydrogens (primary N) is 1. The minimum absolute atomic E-state index is 0.145. The zero-order valence-corrected chi connectivity index (χ0v) is 17.8. The van der Waals surface area contributed by atoms with Crippen molar-refractivity contribution < 1.29 is 39.0 Å². The molecule has 4 amide bonds. The van der Waals surface area contributed by atoms with Crippen molar-refractivity contribution in [2.45, 2.75) is 83.3 Å². The van der Waals surface area contributed by atoms with Crippen LogP contribution in [0, 0.1) is 0 Å². The maximum atomic E-state index is 12.6. The van der Waals surface area contributed by atoms with Crippen LogP contribution in [-0.2, 0) is 28.8 Å². The fraction of sp³-hybridized carbons (Fsp3) is 0.684. The first-order valence-electron chi connectivity index (χ1n) is 10.1. The Kier molecular flexibility index (Phi) is 13.2. The molecule has 0 unspecified atom stereocenters. The fourth-order valence-electron chi connectivity index (χ4n) is 2.56. The molecule has 0 aromatic heterocycles. The fourth-order valence-corrected chi connectivity index (χ4v) is 2.56. The lowest BCUT2D eigenvalue weighted by Crippen LogP contribution is -2.56. The number of rotatable bonds is 16.